The molecule has 0 aromatic heterocycles. The lowest BCUT2D eigenvalue weighted by atomic mass is 10.0. The van der Waals surface area contributed by atoms with Gasteiger partial charge in [-0.25, -0.2) is 4.57 Å². The number of hydrogen-bond donors (Lipinski definition) is 4. The van der Waals surface area contributed by atoms with Crippen molar-refractivity contribution in [1.29, 1.82) is 0 Å². The highest BCUT2D eigenvalue weighted by Gasteiger charge is 2.29. The van der Waals surface area contributed by atoms with Gasteiger partial charge in [0.25, 0.3) is 0 Å². The summed E-state index contributed by atoms with van der Waals surface area (Å²) in [6, 6.07) is -2.21. The van der Waals surface area contributed by atoms with Crippen LogP contribution in [0.5, 0.6) is 0 Å². The van der Waals surface area contributed by atoms with Gasteiger partial charge in [-0.15, -0.1) is 0 Å². The number of aliphatic carboxylic acids is 1. The van der Waals surface area contributed by atoms with Crippen LogP contribution in [-0.4, -0.2) is 60.4 Å². The summed E-state index contributed by atoms with van der Waals surface area (Å²) in [5.74, 6) is -1.54. The second-order valence-electron chi connectivity index (χ2n) is 13.6. The number of rotatable bonds is 37. The average Bonchev–Trinajstić information content (AvgIpc) is 3.08. The summed E-state index contributed by atoms with van der Waals surface area (Å²) in [4.78, 5) is 33.9. The second-order valence-corrected chi connectivity index (χ2v) is 15.1. The number of phosphoric ester groups is 1. The SMILES string of the molecule is CCCCCCCCCCCCC/C=C/[C@@H](OC)[C@H](COP(=O)(O)OC[C@H](N)C(=O)O)NC(=O)CCCCCCCCCCCCCCC. The van der Waals surface area contributed by atoms with Gasteiger partial charge in [-0.05, 0) is 19.3 Å². The average molecular weight is 719 g/mol. The molecule has 290 valence electrons. The van der Waals surface area contributed by atoms with Gasteiger partial charge in [-0.3, -0.25) is 18.6 Å². The third kappa shape index (κ3) is 31.2. The predicted molar refractivity (Wildman–Crippen MR) is 201 cm³/mol. The third-order valence-electron chi connectivity index (χ3n) is 8.97. The molecule has 0 radical (unpaired) electrons. The highest BCUT2D eigenvalue weighted by Crippen LogP contribution is 2.43. The number of carboxylic acid groups (broad SMARTS) is 1. The molecule has 1 amide bonds. The van der Waals surface area contributed by atoms with Gasteiger partial charge in [0.15, 0.2) is 0 Å². The minimum absolute atomic E-state index is 0.181. The number of carboxylic acids is 1. The van der Waals surface area contributed by atoms with Crippen molar-refractivity contribution in [3.63, 3.8) is 0 Å². The van der Waals surface area contributed by atoms with Gasteiger partial charge in [-0.2, -0.15) is 0 Å². The third-order valence-corrected chi connectivity index (χ3v) is 9.93. The fourth-order valence-electron chi connectivity index (χ4n) is 5.79. The quantitative estimate of drug-likeness (QED) is 0.0279. The van der Waals surface area contributed by atoms with Gasteiger partial charge < -0.3 is 25.8 Å². The fraction of sp³-hybridized carbons (Fsp3) is 0.895. The highest BCUT2D eigenvalue weighted by molar-refractivity contribution is 7.47. The smallest absolute Gasteiger partial charge is 0.472 e. The lowest BCUT2D eigenvalue weighted by molar-refractivity contribution is -0.139. The van der Waals surface area contributed by atoms with Crippen LogP contribution in [0, 0.1) is 0 Å². The summed E-state index contributed by atoms with van der Waals surface area (Å²) >= 11 is 0. The van der Waals surface area contributed by atoms with E-state index in [9.17, 15) is 19.0 Å². The Kier molecular flexibility index (Phi) is 32.9. The molecule has 0 fully saturated rings. The summed E-state index contributed by atoms with van der Waals surface area (Å²) in [6.07, 6.45) is 34.4. The van der Waals surface area contributed by atoms with E-state index in [1.807, 2.05) is 12.2 Å². The van der Waals surface area contributed by atoms with Crippen LogP contribution in [0.1, 0.15) is 181 Å². The number of allylic oxidation sites excluding steroid dienone is 1. The van der Waals surface area contributed by atoms with E-state index in [1.165, 1.54) is 129 Å². The monoisotopic (exact) mass is 719 g/mol. The molecule has 0 aromatic rings. The molecule has 0 saturated carbocycles. The molecule has 0 aromatic carbocycles. The molecule has 1 unspecified atom stereocenters. The van der Waals surface area contributed by atoms with Gasteiger partial charge in [0.1, 0.15) is 6.04 Å². The fourth-order valence-corrected chi connectivity index (χ4v) is 6.56. The Hall–Kier alpha value is -1.29. The summed E-state index contributed by atoms with van der Waals surface area (Å²) in [5.41, 5.74) is 5.38. The van der Waals surface area contributed by atoms with E-state index in [0.717, 1.165) is 38.5 Å². The number of methoxy groups -OCH3 is 1. The molecule has 0 aliphatic heterocycles. The highest BCUT2D eigenvalue weighted by atomic mass is 31.2. The molecule has 11 heteroatoms. The maximum absolute atomic E-state index is 12.9. The van der Waals surface area contributed by atoms with Crippen molar-refractivity contribution in [2.45, 2.75) is 199 Å². The molecule has 0 bridgehead atoms. The first-order valence-corrected chi connectivity index (χ1v) is 21.2. The van der Waals surface area contributed by atoms with E-state index >= 15 is 0 Å². The lowest BCUT2D eigenvalue weighted by Gasteiger charge is -2.26. The summed E-state index contributed by atoms with van der Waals surface area (Å²) in [7, 11) is -3.10. The van der Waals surface area contributed by atoms with Gasteiger partial charge in [-0.1, -0.05) is 167 Å². The zero-order valence-corrected chi connectivity index (χ0v) is 32.4. The molecule has 0 saturated heterocycles. The maximum Gasteiger partial charge on any atom is 0.472 e. The lowest BCUT2D eigenvalue weighted by Crippen LogP contribution is -2.46. The van der Waals surface area contributed by atoms with E-state index in [1.54, 1.807) is 0 Å². The van der Waals surface area contributed by atoms with Gasteiger partial charge in [0.05, 0.1) is 25.4 Å². The van der Waals surface area contributed by atoms with Crippen LogP contribution in [0.3, 0.4) is 0 Å². The number of nitrogens with one attached hydrogen (secondary N) is 1. The number of phosphoric acid groups is 1. The van der Waals surface area contributed by atoms with Gasteiger partial charge >= 0.3 is 13.8 Å². The Labute approximate surface area is 299 Å². The first-order valence-electron chi connectivity index (χ1n) is 19.8. The molecule has 0 aliphatic rings. The Morgan fingerprint density at radius 2 is 1.10 bits per heavy atom. The van der Waals surface area contributed by atoms with Crippen molar-refractivity contribution < 1.29 is 37.9 Å². The second kappa shape index (κ2) is 33.8. The van der Waals surface area contributed by atoms with Crippen LogP contribution in [0.4, 0.5) is 0 Å². The van der Waals surface area contributed by atoms with E-state index in [2.05, 4.69) is 19.2 Å². The van der Waals surface area contributed by atoms with Crippen molar-refractivity contribution in [3.8, 4) is 0 Å². The van der Waals surface area contributed by atoms with Crippen LogP contribution in [-0.2, 0) is 27.9 Å². The largest absolute Gasteiger partial charge is 0.480 e. The molecule has 0 aliphatic carbocycles. The van der Waals surface area contributed by atoms with Crippen LogP contribution >= 0.6 is 7.82 Å². The minimum Gasteiger partial charge on any atom is -0.480 e. The normalized spacial score (nSPS) is 14.9. The molecule has 0 heterocycles. The van der Waals surface area contributed by atoms with E-state index < -0.39 is 38.6 Å². The van der Waals surface area contributed by atoms with E-state index in [0.29, 0.717) is 6.42 Å². The molecule has 49 heavy (non-hydrogen) atoms. The zero-order valence-electron chi connectivity index (χ0n) is 31.6. The van der Waals surface area contributed by atoms with E-state index in [4.69, 9.17) is 24.6 Å². The van der Waals surface area contributed by atoms with Crippen molar-refractivity contribution in [1.82, 2.24) is 5.32 Å². The molecular weight excluding hydrogens is 643 g/mol. The van der Waals surface area contributed by atoms with Gasteiger partial charge in [0, 0.05) is 13.5 Å². The number of hydrogen-bond acceptors (Lipinski definition) is 7. The standard InChI is InChI=1S/C38H75N2O8P/c1-4-6-8-10-12-14-16-18-20-22-24-26-28-30-36(46-3)35(33-48-49(44,45)47-32-34(39)38(42)43)40-37(41)31-29-27-25-23-21-19-17-15-13-11-9-7-5-2/h28,30,34-36H,4-27,29,31-33,39H2,1-3H3,(H,40,41)(H,42,43)(H,44,45)/b30-28+/t34-,35-,36+/m0/s1. The number of carbonyl (C=O) groups is 2. The molecule has 5 N–H and O–H groups in total. The number of nitrogens with two attached hydrogens (primary N) is 1. The zero-order chi connectivity index (χ0) is 36.4. The molecular formula is C38H75N2O8P. The topological polar surface area (TPSA) is 157 Å². The number of amides is 1. The Bertz CT molecular complexity index is 860. The van der Waals surface area contributed by atoms with Crippen molar-refractivity contribution in [2.24, 2.45) is 5.73 Å². The molecule has 4 atom stereocenters. The number of unbranched alkanes of at least 4 members (excludes halogenated alkanes) is 23. The molecule has 10 nitrogen and oxygen atoms in total. The van der Waals surface area contributed by atoms with Crippen LogP contribution in [0.15, 0.2) is 12.2 Å². The molecule has 0 spiro atoms. The number of ether oxygens (including phenoxy) is 1. The Morgan fingerprint density at radius 3 is 1.53 bits per heavy atom. The first kappa shape index (κ1) is 47.7. The van der Waals surface area contributed by atoms with Crippen molar-refractivity contribution in [3.05, 3.63) is 12.2 Å². The molecule has 0 rings (SSSR count). The summed E-state index contributed by atoms with van der Waals surface area (Å²) in [5, 5.41) is 11.8. The van der Waals surface area contributed by atoms with Gasteiger partial charge in [0.2, 0.25) is 5.91 Å². The minimum atomic E-state index is -4.62. The maximum atomic E-state index is 12.9. The van der Waals surface area contributed by atoms with E-state index in [-0.39, 0.29) is 12.5 Å². The van der Waals surface area contributed by atoms with Crippen LogP contribution in [0.25, 0.3) is 0 Å². The summed E-state index contributed by atoms with van der Waals surface area (Å²) in [6.45, 7) is 3.44. The van der Waals surface area contributed by atoms with Crippen molar-refractivity contribution in [2.75, 3.05) is 20.3 Å². The Morgan fingerprint density at radius 1 is 0.694 bits per heavy atom. The predicted octanol–water partition coefficient (Wildman–Crippen LogP) is 9.77. The number of carbonyl (C=O) groups excluding carboxylic acids is 1. The van der Waals surface area contributed by atoms with Crippen LogP contribution in [0.2, 0.25) is 0 Å². The summed E-state index contributed by atoms with van der Waals surface area (Å²) < 4.78 is 28.0. The van der Waals surface area contributed by atoms with Crippen LogP contribution < -0.4 is 11.1 Å². The Balaban J connectivity index is 4.66. The van der Waals surface area contributed by atoms with Crippen molar-refractivity contribution >= 4 is 19.7 Å². The first-order chi connectivity index (χ1) is 23.7.